The molecule has 0 unspecified atom stereocenters. The predicted octanol–water partition coefficient (Wildman–Crippen LogP) is 1.00. The molecular weight excluding hydrogens is 229 g/mol. The number of nitrogens with one attached hydrogen (secondary N) is 1. The average Bonchev–Trinajstić information content (AvgIpc) is 2.01. The summed E-state index contributed by atoms with van der Waals surface area (Å²) in [6.07, 6.45) is 0.919. The monoisotopic (exact) mass is 239 g/mol. The van der Waals surface area contributed by atoms with Crippen LogP contribution in [0.4, 0.5) is 0 Å². The molecule has 0 saturated heterocycles. The molecule has 0 aromatic heterocycles. The number of hydrogen-bond donors (Lipinski definition) is 1. The number of amides is 1. The molecule has 1 aliphatic carbocycles. The lowest BCUT2D eigenvalue weighted by Crippen LogP contribution is -2.51. The molecule has 1 fully saturated rings. The van der Waals surface area contributed by atoms with Crippen LogP contribution in [-0.2, 0) is 14.3 Å². The molecule has 0 aromatic rings. The molecule has 1 N–H and O–H groups in total. The lowest BCUT2D eigenvalue weighted by atomic mass is 9.91. The second-order valence-electron chi connectivity index (χ2n) is 3.16. The first-order chi connectivity index (χ1) is 6.44. The maximum absolute atomic E-state index is 11.1. The molecule has 0 radical (unpaired) electrons. The van der Waals surface area contributed by atoms with Crippen molar-refractivity contribution in [1.29, 1.82) is 0 Å². The second-order valence-corrected chi connectivity index (χ2v) is 4.80. The molecular formula is C8H11Cl2NO3. The van der Waals surface area contributed by atoms with Crippen LogP contribution in [0.2, 0.25) is 0 Å². The Morgan fingerprint density at radius 2 is 2.07 bits per heavy atom. The Morgan fingerprint density at radius 3 is 2.50 bits per heavy atom. The fraction of sp³-hybridized carbons (Fsp3) is 0.750. The van der Waals surface area contributed by atoms with E-state index in [0.29, 0.717) is 12.8 Å². The minimum Gasteiger partial charge on any atom is -0.459 e. The number of rotatable bonds is 2. The lowest BCUT2D eigenvalue weighted by Gasteiger charge is -2.37. The van der Waals surface area contributed by atoms with Crippen LogP contribution in [0, 0.1) is 0 Å². The molecule has 0 aliphatic heterocycles. The van der Waals surface area contributed by atoms with Crippen LogP contribution in [0.1, 0.15) is 19.8 Å². The van der Waals surface area contributed by atoms with Gasteiger partial charge in [0.2, 0.25) is 0 Å². The van der Waals surface area contributed by atoms with Crippen molar-refractivity contribution in [3.8, 4) is 0 Å². The summed E-state index contributed by atoms with van der Waals surface area (Å²) in [5.41, 5.74) is 0. The van der Waals surface area contributed by atoms with Gasteiger partial charge < -0.3 is 10.1 Å². The van der Waals surface area contributed by atoms with E-state index in [2.05, 4.69) is 10.1 Å². The minimum atomic E-state index is -0.867. The summed E-state index contributed by atoms with van der Waals surface area (Å²) >= 11 is 11.4. The number of hydrogen-bond acceptors (Lipinski definition) is 3. The molecule has 4 nitrogen and oxygen atoms in total. The molecule has 14 heavy (non-hydrogen) atoms. The summed E-state index contributed by atoms with van der Waals surface area (Å²) in [6.45, 7) is 1.82. The van der Waals surface area contributed by atoms with E-state index in [4.69, 9.17) is 23.2 Å². The van der Waals surface area contributed by atoms with Crippen LogP contribution in [0.3, 0.4) is 0 Å². The van der Waals surface area contributed by atoms with Crippen molar-refractivity contribution >= 4 is 35.1 Å². The molecule has 0 aromatic carbocycles. The highest BCUT2D eigenvalue weighted by molar-refractivity contribution is 6.49. The molecule has 6 heteroatoms. The minimum absolute atomic E-state index is 0.123. The molecule has 1 saturated carbocycles. The van der Waals surface area contributed by atoms with Crippen LogP contribution in [-0.4, -0.2) is 28.9 Å². The Kier molecular flexibility index (Phi) is 3.61. The maximum atomic E-state index is 11.1. The van der Waals surface area contributed by atoms with Crippen molar-refractivity contribution in [2.24, 2.45) is 0 Å². The van der Waals surface area contributed by atoms with Gasteiger partial charge in [-0.3, -0.25) is 4.79 Å². The Bertz CT molecular complexity index is 247. The van der Waals surface area contributed by atoms with Crippen molar-refractivity contribution in [2.45, 2.75) is 30.1 Å². The highest BCUT2D eigenvalue weighted by atomic mass is 35.5. The number of carbonyl (C=O) groups excluding carboxylic acids is 2. The van der Waals surface area contributed by atoms with Gasteiger partial charge in [0.15, 0.2) is 0 Å². The quantitative estimate of drug-likeness (QED) is 0.445. The van der Waals surface area contributed by atoms with Crippen molar-refractivity contribution < 1.29 is 14.3 Å². The molecule has 1 amide bonds. The summed E-state index contributed by atoms with van der Waals surface area (Å²) in [5.74, 6) is -1.60. The SMILES string of the molecule is CCOC(=O)C(=O)NC1CC(Cl)(Cl)C1. The average molecular weight is 240 g/mol. The van der Waals surface area contributed by atoms with Crippen molar-refractivity contribution in [3.63, 3.8) is 0 Å². The maximum Gasteiger partial charge on any atom is 0.396 e. The number of carbonyl (C=O) groups is 2. The summed E-state index contributed by atoms with van der Waals surface area (Å²) < 4.78 is 3.75. The standard InChI is InChI=1S/C8H11Cl2NO3/c1-2-14-7(13)6(12)11-5-3-8(9,10)4-5/h5H,2-4H2,1H3,(H,11,12). The van der Waals surface area contributed by atoms with Crippen LogP contribution >= 0.6 is 23.2 Å². The Labute approximate surface area is 91.9 Å². The van der Waals surface area contributed by atoms with Gasteiger partial charge in [-0.05, 0) is 6.92 Å². The van der Waals surface area contributed by atoms with E-state index in [9.17, 15) is 9.59 Å². The first-order valence-corrected chi connectivity index (χ1v) is 5.05. The van der Waals surface area contributed by atoms with E-state index < -0.39 is 16.2 Å². The van der Waals surface area contributed by atoms with Gasteiger partial charge in [0, 0.05) is 18.9 Å². The van der Waals surface area contributed by atoms with E-state index in [1.165, 1.54) is 0 Å². The van der Waals surface area contributed by atoms with Gasteiger partial charge in [0.05, 0.1) is 6.61 Å². The van der Waals surface area contributed by atoms with E-state index in [-0.39, 0.29) is 12.6 Å². The molecule has 0 spiro atoms. The van der Waals surface area contributed by atoms with Crippen molar-refractivity contribution in [3.05, 3.63) is 0 Å². The summed E-state index contributed by atoms with van der Waals surface area (Å²) in [6, 6.07) is -0.123. The Balaban J connectivity index is 2.26. The van der Waals surface area contributed by atoms with Gasteiger partial charge in [-0.2, -0.15) is 0 Å². The largest absolute Gasteiger partial charge is 0.459 e. The van der Waals surface area contributed by atoms with Gasteiger partial charge in [0.1, 0.15) is 4.33 Å². The summed E-state index contributed by atoms with van der Waals surface area (Å²) in [4.78, 5) is 22.0. The van der Waals surface area contributed by atoms with E-state index >= 15 is 0 Å². The van der Waals surface area contributed by atoms with Gasteiger partial charge >= 0.3 is 11.9 Å². The zero-order valence-electron chi connectivity index (χ0n) is 7.68. The molecule has 1 aliphatic rings. The van der Waals surface area contributed by atoms with E-state index in [1.54, 1.807) is 6.92 Å². The molecule has 1 rings (SSSR count). The Hall–Kier alpha value is -0.480. The van der Waals surface area contributed by atoms with Gasteiger partial charge in [0.25, 0.3) is 0 Å². The molecule has 0 atom stereocenters. The number of halogens is 2. The van der Waals surface area contributed by atoms with Crippen LogP contribution in [0.15, 0.2) is 0 Å². The number of esters is 1. The van der Waals surface area contributed by atoms with Gasteiger partial charge in [-0.25, -0.2) is 4.79 Å². The van der Waals surface area contributed by atoms with Crippen molar-refractivity contribution in [2.75, 3.05) is 6.61 Å². The summed E-state index contributed by atoms with van der Waals surface area (Å²) in [7, 11) is 0. The third-order valence-corrected chi connectivity index (χ3v) is 2.50. The normalized spacial score (nSPS) is 19.6. The lowest BCUT2D eigenvalue weighted by molar-refractivity contribution is -0.155. The van der Waals surface area contributed by atoms with Crippen LogP contribution in [0.25, 0.3) is 0 Å². The van der Waals surface area contributed by atoms with E-state index in [0.717, 1.165) is 0 Å². The smallest absolute Gasteiger partial charge is 0.396 e. The molecule has 80 valence electrons. The Morgan fingerprint density at radius 1 is 1.50 bits per heavy atom. The highest BCUT2D eigenvalue weighted by Crippen LogP contribution is 2.42. The van der Waals surface area contributed by atoms with Crippen molar-refractivity contribution in [1.82, 2.24) is 5.32 Å². The number of alkyl halides is 2. The van der Waals surface area contributed by atoms with Crippen LogP contribution < -0.4 is 5.32 Å². The first kappa shape index (κ1) is 11.6. The van der Waals surface area contributed by atoms with Crippen LogP contribution in [0.5, 0.6) is 0 Å². The van der Waals surface area contributed by atoms with Gasteiger partial charge in [-0.15, -0.1) is 23.2 Å². The fourth-order valence-corrected chi connectivity index (χ4v) is 1.95. The third kappa shape index (κ3) is 3.03. The second kappa shape index (κ2) is 4.36. The molecule has 0 heterocycles. The zero-order valence-corrected chi connectivity index (χ0v) is 9.19. The third-order valence-electron chi connectivity index (χ3n) is 1.89. The first-order valence-electron chi connectivity index (χ1n) is 4.30. The van der Waals surface area contributed by atoms with Gasteiger partial charge in [-0.1, -0.05) is 0 Å². The topological polar surface area (TPSA) is 55.4 Å². The highest BCUT2D eigenvalue weighted by Gasteiger charge is 2.42. The van der Waals surface area contributed by atoms with E-state index in [1.807, 2.05) is 0 Å². The molecule has 0 bridgehead atoms. The fourth-order valence-electron chi connectivity index (χ4n) is 1.20. The summed E-state index contributed by atoms with van der Waals surface area (Å²) in [5, 5.41) is 2.47. The number of ether oxygens (including phenoxy) is 1. The predicted molar refractivity (Wildman–Crippen MR) is 52.2 cm³/mol. The zero-order chi connectivity index (χ0) is 10.8.